The van der Waals surface area contributed by atoms with E-state index in [-0.39, 0.29) is 11.2 Å². The molecule has 0 saturated carbocycles. The van der Waals surface area contributed by atoms with E-state index in [1.54, 1.807) is 57.6 Å². The zero-order valence-electron chi connectivity index (χ0n) is 17.8. The third-order valence-corrected chi connectivity index (χ3v) is 4.52. The molecule has 2 aromatic carbocycles. The number of ether oxygens (including phenoxy) is 3. The summed E-state index contributed by atoms with van der Waals surface area (Å²) in [7, 11) is 3.10. The lowest BCUT2D eigenvalue weighted by molar-refractivity contribution is -0.140. The molecule has 0 aromatic heterocycles. The molecule has 2 rings (SSSR count). The lowest BCUT2D eigenvalue weighted by Gasteiger charge is -2.19. The van der Waals surface area contributed by atoms with Crippen LogP contribution in [0.3, 0.4) is 0 Å². The Morgan fingerprint density at radius 1 is 0.931 bits per heavy atom. The van der Waals surface area contributed by atoms with Gasteiger partial charge in [-0.2, -0.15) is 0 Å². The Kier molecular flexibility index (Phi) is 7.21. The molecule has 5 nitrogen and oxygen atoms in total. The van der Waals surface area contributed by atoms with E-state index in [1.807, 2.05) is 12.1 Å². The van der Waals surface area contributed by atoms with Crippen molar-refractivity contribution in [2.24, 2.45) is 0 Å². The summed E-state index contributed by atoms with van der Waals surface area (Å²) < 4.78 is 15.7. The fraction of sp³-hybridized carbons (Fsp3) is 0.333. The number of carbonyl (C=O) groups is 2. The molecule has 2 aromatic rings. The second kappa shape index (κ2) is 9.41. The number of benzene rings is 2. The van der Waals surface area contributed by atoms with Crippen molar-refractivity contribution in [2.75, 3.05) is 14.2 Å². The second-order valence-electron chi connectivity index (χ2n) is 7.72. The number of methoxy groups -OCH3 is 2. The maximum absolute atomic E-state index is 12.5. The first-order valence-electron chi connectivity index (χ1n) is 9.41. The van der Waals surface area contributed by atoms with Crippen LogP contribution in [0.4, 0.5) is 0 Å². The summed E-state index contributed by atoms with van der Waals surface area (Å²) in [6, 6.07) is 12.7. The highest BCUT2D eigenvalue weighted by Gasteiger charge is 2.20. The molecule has 5 heteroatoms. The highest BCUT2D eigenvalue weighted by atomic mass is 16.5. The van der Waals surface area contributed by atoms with Crippen molar-refractivity contribution in [3.05, 3.63) is 65.2 Å². The minimum Gasteiger partial charge on any atom is -0.493 e. The van der Waals surface area contributed by atoms with Gasteiger partial charge in [0.05, 0.1) is 14.2 Å². The van der Waals surface area contributed by atoms with Crippen LogP contribution in [-0.2, 0) is 14.9 Å². The van der Waals surface area contributed by atoms with E-state index in [9.17, 15) is 9.59 Å². The predicted molar refractivity (Wildman–Crippen MR) is 114 cm³/mol. The van der Waals surface area contributed by atoms with Gasteiger partial charge in [-0.25, -0.2) is 4.79 Å². The van der Waals surface area contributed by atoms with Gasteiger partial charge >= 0.3 is 5.97 Å². The van der Waals surface area contributed by atoms with Crippen LogP contribution in [0.5, 0.6) is 11.5 Å². The van der Waals surface area contributed by atoms with E-state index in [0.717, 1.165) is 11.1 Å². The van der Waals surface area contributed by atoms with Crippen LogP contribution in [-0.4, -0.2) is 32.1 Å². The van der Waals surface area contributed by atoms with Crippen molar-refractivity contribution >= 4 is 17.8 Å². The topological polar surface area (TPSA) is 61.8 Å². The highest BCUT2D eigenvalue weighted by Crippen LogP contribution is 2.28. The van der Waals surface area contributed by atoms with Crippen LogP contribution < -0.4 is 9.47 Å². The molecular weight excluding hydrogens is 368 g/mol. The van der Waals surface area contributed by atoms with Crippen molar-refractivity contribution in [2.45, 2.75) is 39.2 Å². The molecule has 0 saturated heterocycles. The average Bonchev–Trinajstić information content (AvgIpc) is 2.70. The van der Waals surface area contributed by atoms with E-state index in [0.29, 0.717) is 17.1 Å². The van der Waals surface area contributed by atoms with E-state index >= 15 is 0 Å². The van der Waals surface area contributed by atoms with Gasteiger partial charge < -0.3 is 14.2 Å². The summed E-state index contributed by atoms with van der Waals surface area (Å²) in [6.07, 6.45) is 2.01. The van der Waals surface area contributed by atoms with Crippen LogP contribution in [0, 0.1) is 0 Å². The van der Waals surface area contributed by atoms with Crippen molar-refractivity contribution in [3.8, 4) is 11.5 Å². The number of carbonyl (C=O) groups excluding carboxylic acids is 2. The first-order valence-corrected chi connectivity index (χ1v) is 9.41. The zero-order chi connectivity index (χ0) is 21.6. The average molecular weight is 396 g/mol. The molecule has 0 unspecified atom stereocenters. The Morgan fingerprint density at radius 3 is 2.10 bits per heavy atom. The number of esters is 1. The fourth-order valence-corrected chi connectivity index (χ4v) is 2.76. The molecule has 0 N–H and O–H groups in total. The minimum atomic E-state index is -0.877. The van der Waals surface area contributed by atoms with Gasteiger partial charge in [0.25, 0.3) is 0 Å². The standard InChI is InChI=1S/C24H28O5/c1-16(23(26)18-9-11-19(12-10-18)24(2,3)4)29-22(25)14-8-17-7-13-20(27-5)21(15-17)28-6/h7-16H,1-6H3/b14-8+/t16-/m1/s1. The molecule has 0 radical (unpaired) electrons. The van der Waals surface area contributed by atoms with E-state index in [2.05, 4.69) is 20.8 Å². The number of Topliss-reactive ketones (excluding diaryl/α,β-unsaturated/α-hetero) is 1. The SMILES string of the molecule is COc1ccc(/C=C/C(=O)O[C@H](C)C(=O)c2ccc(C(C)(C)C)cc2)cc1OC. The van der Waals surface area contributed by atoms with Crippen LogP contribution in [0.2, 0.25) is 0 Å². The van der Waals surface area contributed by atoms with E-state index < -0.39 is 12.1 Å². The summed E-state index contributed by atoms with van der Waals surface area (Å²) in [5.74, 6) is 0.333. The molecule has 0 spiro atoms. The summed E-state index contributed by atoms with van der Waals surface area (Å²) in [4.78, 5) is 24.6. The number of hydrogen-bond donors (Lipinski definition) is 0. The van der Waals surface area contributed by atoms with Crippen LogP contribution in [0.15, 0.2) is 48.5 Å². The first kappa shape index (κ1) is 22.2. The fourth-order valence-electron chi connectivity index (χ4n) is 2.76. The maximum Gasteiger partial charge on any atom is 0.331 e. The molecule has 29 heavy (non-hydrogen) atoms. The van der Waals surface area contributed by atoms with Crippen LogP contribution in [0.1, 0.15) is 49.2 Å². The number of hydrogen-bond acceptors (Lipinski definition) is 5. The number of ketones is 1. The normalized spacial score (nSPS) is 12.5. The Hall–Kier alpha value is -3.08. The Balaban J connectivity index is 2.01. The van der Waals surface area contributed by atoms with Gasteiger partial charge in [0.15, 0.2) is 17.6 Å². The Bertz CT molecular complexity index is 888. The lowest BCUT2D eigenvalue weighted by atomic mass is 9.86. The molecule has 0 aliphatic heterocycles. The van der Waals surface area contributed by atoms with Gasteiger partial charge in [0.1, 0.15) is 0 Å². The third-order valence-electron chi connectivity index (χ3n) is 4.52. The zero-order valence-corrected chi connectivity index (χ0v) is 17.8. The molecule has 154 valence electrons. The van der Waals surface area contributed by atoms with Crippen LogP contribution in [0.25, 0.3) is 6.08 Å². The van der Waals surface area contributed by atoms with Gasteiger partial charge in [0.2, 0.25) is 5.78 Å². The Labute approximate surface area is 172 Å². The molecular formula is C24H28O5. The van der Waals surface area contributed by atoms with Crippen molar-refractivity contribution in [1.29, 1.82) is 0 Å². The lowest BCUT2D eigenvalue weighted by Crippen LogP contribution is -2.23. The molecule has 0 aliphatic rings. The number of rotatable bonds is 7. The summed E-state index contributed by atoms with van der Waals surface area (Å²) in [5.41, 5.74) is 2.41. The molecule has 0 aliphatic carbocycles. The molecule has 0 fully saturated rings. The predicted octanol–water partition coefficient (Wildman–Crippen LogP) is 4.83. The van der Waals surface area contributed by atoms with Gasteiger partial charge in [-0.15, -0.1) is 0 Å². The smallest absolute Gasteiger partial charge is 0.331 e. The van der Waals surface area contributed by atoms with Gasteiger partial charge in [-0.1, -0.05) is 51.1 Å². The molecule has 0 heterocycles. The first-order chi connectivity index (χ1) is 13.7. The highest BCUT2D eigenvalue weighted by molar-refractivity contribution is 6.01. The van der Waals surface area contributed by atoms with Crippen LogP contribution >= 0.6 is 0 Å². The summed E-state index contributed by atoms with van der Waals surface area (Å²) >= 11 is 0. The van der Waals surface area contributed by atoms with Crippen molar-refractivity contribution in [3.63, 3.8) is 0 Å². The van der Waals surface area contributed by atoms with E-state index in [1.165, 1.54) is 6.08 Å². The minimum absolute atomic E-state index is 0.00852. The van der Waals surface area contributed by atoms with Gasteiger partial charge in [0, 0.05) is 11.6 Å². The molecule has 0 amide bonds. The largest absolute Gasteiger partial charge is 0.493 e. The van der Waals surface area contributed by atoms with Crippen molar-refractivity contribution < 1.29 is 23.8 Å². The molecule has 0 bridgehead atoms. The quantitative estimate of drug-likeness (QED) is 0.381. The maximum atomic E-state index is 12.5. The van der Waals surface area contributed by atoms with Crippen molar-refractivity contribution in [1.82, 2.24) is 0 Å². The molecule has 1 atom stereocenters. The summed E-state index contributed by atoms with van der Waals surface area (Å²) in [5, 5.41) is 0. The second-order valence-corrected chi connectivity index (χ2v) is 7.72. The monoisotopic (exact) mass is 396 g/mol. The van der Waals surface area contributed by atoms with Gasteiger partial charge in [-0.05, 0) is 41.7 Å². The van der Waals surface area contributed by atoms with Gasteiger partial charge in [-0.3, -0.25) is 4.79 Å². The third kappa shape index (κ3) is 5.95. The summed E-state index contributed by atoms with van der Waals surface area (Å²) in [6.45, 7) is 7.90. The van der Waals surface area contributed by atoms with E-state index in [4.69, 9.17) is 14.2 Å². The Morgan fingerprint density at radius 2 is 1.55 bits per heavy atom.